The zero-order chi connectivity index (χ0) is 14.7. The Labute approximate surface area is 124 Å². The lowest BCUT2D eigenvalue weighted by atomic mass is 10.0. The van der Waals surface area contributed by atoms with Crippen molar-refractivity contribution in [3.8, 4) is 11.1 Å². The highest BCUT2D eigenvalue weighted by Crippen LogP contribution is 2.26. The molecule has 3 heteroatoms. The zero-order valence-electron chi connectivity index (χ0n) is 12.0. The van der Waals surface area contributed by atoms with Gasteiger partial charge in [0.05, 0.1) is 0 Å². The smallest absolute Gasteiger partial charge is 0.126 e. The van der Waals surface area contributed by atoms with E-state index >= 15 is 0 Å². The molecule has 0 spiro atoms. The molecule has 0 aliphatic rings. The van der Waals surface area contributed by atoms with E-state index in [1.54, 1.807) is 19.1 Å². The largest absolute Gasteiger partial charge is 0.310 e. The first kappa shape index (κ1) is 15.0. The van der Waals surface area contributed by atoms with Crippen molar-refractivity contribution < 1.29 is 4.39 Å². The van der Waals surface area contributed by atoms with Crippen molar-refractivity contribution in [1.29, 1.82) is 0 Å². The first-order chi connectivity index (χ1) is 9.47. The van der Waals surface area contributed by atoms with Crippen molar-refractivity contribution in [3.63, 3.8) is 0 Å². The van der Waals surface area contributed by atoms with Crippen molar-refractivity contribution in [2.75, 3.05) is 0 Å². The summed E-state index contributed by atoms with van der Waals surface area (Å²) in [6.45, 7) is 6.65. The zero-order valence-corrected chi connectivity index (χ0v) is 12.8. The molecule has 1 N–H and O–H groups in total. The van der Waals surface area contributed by atoms with E-state index in [9.17, 15) is 4.39 Å². The second-order valence-corrected chi connectivity index (χ2v) is 5.71. The molecule has 0 aromatic heterocycles. The fourth-order valence-corrected chi connectivity index (χ4v) is 2.16. The van der Waals surface area contributed by atoms with Crippen LogP contribution in [0.15, 0.2) is 36.4 Å². The molecule has 0 unspecified atom stereocenters. The predicted molar refractivity (Wildman–Crippen MR) is 83.6 cm³/mol. The van der Waals surface area contributed by atoms with Gasteiger partial charge in [0, 0.05) is 17.6 Å². The summed E-state index contributed by atoms with van der Waals surface area (Å²) in [5.41, 5.74) is 3.53. The molecule has 0 amide bonds. The molecule has 0 aliphatic carbocycles. The highest BCUT2D eigenvalue weighted by molar-refractivity contribution is 6.31. The van der Waals surface area contributed by atoms with Crippen LogP contribution in [0.3, 0.4) is 0 Å². The molecule has 0 heterocycles. The lowest BCUT2D eigenvalue weighted by molar-refractivity contribution is 0.589. The number of nitrogens with one attached hydrogen (secondary N) is 1. The average molecular weight is 292 g/mol. The van der Waals surface area contributed by atoms with Gasteiger partial charge < -0.3 is 5.32 Å². The van der Waals surface area contributed by atoms with Gasteiger partial charge in [-0.3, -0.25) is 0 Å². The van der Waals surface area contributed by atoms with Gasteiger partial charge in [0.2, 0.25) is 0 Å². The van der Waals surface area contributed by atoms with Gasteiger partial charge >= 0.3 is 0 Å². The molecule has 20 heavy (non-hydrogen) atoms. The maximum absolute atomic E-state index is 13.7. The van der Waals surface area contributed by atoms with Crippen LogP contribution >= 0.6 is 11.6 Å². The van der Waals surface area contributed by atoms with Crippen molar-refractivity contribution in [1.82, 2.24) is 5.32 Å². The molecule has 0 radical (unpaired) electrons. The second kappa shape index (κ2) is 6.38. The van der Waals surface area contributed by atoms with Gasteiger partial charge in [0.15, 0.2) is 0 Å². The van der Waals surface area contributed by atoms with Crippen LogP contribution < -0.4 is 5.32 Å². The molecule has 0 atom stereocenters. The summed E-state index contributed by atoms with van der Waals surface area (Å²) >= 11 is 6.21. The summed E-state index contributed by atoms with van der Waals surface area (Å²) < 4.78 is 13.7. The van der Waals surface area contributed by atoms with Crippen LogP contribution in [-0.4, -0.2) is 6.04 Å². The Hall–Kier alpha value is -1.38. The summed E-state index contributed by atoms with van der Waals surface area (Å²) in [5.74, 6) is -0.181. The summed E-state index contributed by atoms with van der Waals surface area (Å²) in [5, 5.41) is 4.07. The predicted octanol–water partition coefficient (Wildman–Crippen LogP) is 4.95. The number of hydrogen-bond acceptors (Lipinski definition) is 1. The SMILES string of the molecule is Cc1ccc(-c2ccc(Cl)c(CNC(C)C)c2)cc1F. The van der Waals surface area contributed by atoms with E-state index in [1.165, 1.54) is 0 Å². The van der Waals surface area contributed by atoms with Crippen LogP contribution in [0.5, 0.6) is 0 Å². The maximum atomic E-state index is 13.7. The van der Waals surface area contributed by atoms with Crippen molar-refractivity contribution in [3.05, 3.63) is 58.4 Å². The Balaban J connectivity index is 2.32. The minimum atomic E-state index is -0.181. The number of hydrogen-bond donors (Lipinski definition) is 1. The molecule has 2 rings (SSSR count). The van der Waals surface area contributed by atoms with Gasteiger partial charge in [0.1, 0.15) is 5.82 Å². The molecule has 0 saturated heterocycles. The summed E-state index contributed by atoms with van der Waals surface area (Å²) in [7, 11) is 0. The molecule has 2 aromatic rings. The van der Waals surface area contributed by atoms with Crippen LogP contribution in [0.2, 0.25) is 5.02 Å². The molecule has 0 saturated carbocycles. The molecule has 2 aromatic carbocycles. The minimum absolute atomic E-state index is 0.181. The monoisotopic (exact) mass is 291 g/mol. The van der Waals surface area contributed by atoms with E-state index in [-0.39, 0.29) is 5.82 Å². The summed E-state index contributed by atoms with van der Waals surface area (Å²) in [6, 6.07) is 11.5. The molecular formula is C17H19ClFN. The topological polar surface area (TPSA) is 12.0 Å². The van der Waals surface area contributed by atoms with Crippen molar-refractivity contribution >= 4 is 11.6 Å². The minimum Gasteiger partial charge on any atom is -0.310 e. The quantitative estimate of drug-likeness (QED) is 0.840. The van der Waals surface area contributed by atoms with E-state index < -0.39 is 0 Å². The highest BCUT2D eigenvalue weighted by atomic mass is 35.5. The van der Waals surface area contributed by atoms with E-state index in [0.29, 0.717) is 18.2 Å². The van der Waals surface area contributed by atoms with E-state index in [2.05, 4.69) is 19.2 Å². The van der Waals surface area contributed by atoms with Gasteiger partial charge in [-0.15, -0.1) is 0 Å². The van der Waals surface area contributed by atoms with Gasteiger partial charge in [-0.05, 0) is 47.4 Å². The Kier molecular flexibility index (Phi) is 4.79. The third kappa shape index (κ3) is 3.59. The second-order valence-electron chi connectivity index (χ2n) is 5.31. The lowest BCUT2D eigenvalue weighted by Crippen LogP contribution is -2.21. The fraction of sp³-hybridized carbons (Fsp3) is 0.294. The highest BCUT2D eigenvalue weighted by Gasteiger charge is 2.06. The molecule has 0 bridgehead atoms. The van der Waals surface area contributed by atoms with Crippen LogP contribution in [0.4, 0.5) is 4.39 Å². The Bertz CT molecular complexity index is 608. The Morgan fingerprint density at radius 2 is 1.75 bits per heavy atom. The summed E-state index contributed by atoms with van der Waals surface area (Å²) in [6.07, 6.45) is 0. The normalized spacial score (nSPS) is 11.1. The van der Waals surface area contributed by atoms with Crippen LogP contribution in [0.1, 0.15) is 25.0 Å². The number of rotatable bonds is 4. The third-order valence-electron chi connectivity index (χ3n) is 3.25. The lowest BCUT2D eigenvalue weighted by Gasteiger charge is -2.12. The van der Waals surface area contributed by atoms with Gasteiger partial charge in [-0.25, -0.2) is 4.39 Å². The number of aryl methyl sites for hydroxylation is 1. The number of halogens is 2. The van der Waals surface area contributed by atoms with E-state index in [1.807, 2.05) is 24.3 Å². The fourth-order valence-electron chi connectivity index (χ4n) is 1.98. The van der Waals surface area contributed by atoms with E-state index in [4.69, 9.17) is 11.6 Å². The van der Waals surface area contributed by atoms with Crippen LogP contribution in [0, 0.1) is 12.7 Å². The van der Waals surface area contributed by atoms with Gasteiger partial charge in [-0.1, -0.05) is 43.6 Å². The summed E-state index contributed by atoms with van der Waals surface area (Å²) in [4.78, 5) is 0. The molecule has 0 fully saturated rings. The third-order valence-corrected chi connectivity index (χ3v) is 3.62. The van der Waals surface area contributed by atoms with Crippen molar-refractivity contribution in [2.45, 2.75) is 33.4 Å². The van der Waals surface area contributed by atoms with Crippen LogP contribution in [0.25, 0.3) is 11.1 Å². The Morgan fingerprint density at radius 3 is 2.40 bits per heavy atom. The van der Waals surface area contributed by atoms with E-state index in [0.717, 1.165) is 21.7 Å². The van der Waals surface area contributed by atoms with Crippen LogP contribution in [-0.2, 0) is 6.54 Å². The Morgan fingerprint density at radius 1 is 1.10 bits per heavy atom. The van der Waals surface area contributed by atoms with Gasteiger partial charge in [-0.2, -0.15) is 0 Å². The first-order valence-electron chi connectivity index (χ1n) is 6.75. The first-order valence-corrected chi connectivity index (χ1v) is 7.13. The molecular weight excluding hydrogens is 273 g/mol. The average Bonchev–Trinajstić information content (AvgIpc) is 2.41. The number of benzene rings is 2. The molecule has 1 nitrogen and oxygen atoms in total. The standard InChI is InChI=1S/C17H19ClFN/c1-11(2)20-10-15-8-13(6-7-16(15)18)14-5-4-12(3)17(19)9-14/h4-9,11,20H,10H2,1-3H3. The molecule has 106 valence electrons. The maximum Gasteiger partial charge on any atom is 0.126 e. The van der Waals surface area contributed by atoms with Crippen molar-refractivity contribution in [2.24, 2.45) is 0 Å². The molecule has 0 aliphatic heterocycles. The van der Waals surface area contributed by atoms with Gasteiger partial charge in [0.25, 0.3) is 0 Å².